The zero-order valence-corrected chi connectivity index (χ0v) is 13.6. The predicted octanol–water partition coefficient (Wildman–Crippen LogP) is 0.764. The maximum atomic E-state index is 12.7. The summed E-state index contributed by atoms with van der Waals surface area (Å²) in [6.45, 7) is 2.89. The Morgan fingerprint density at radius 2 is 1.91 bits per heavy atom. The van der Waals surface area contributed by atoms with Crippen molar-refractivity contribution in [1.82, 2.24) is 14.8 Å². The Morgan fingerprint density at radius 1 is 1.22 bits per heavy atom. The van der Waals surface area contributed by atoms with Crippen molar-refractivity contribution in [3.63, 3.8) is 0 Å². The van der Waals surface area contributed by atoms with Crippen molar-refractivity contribution in [2.75, 3.05) is 33.2 Å². The van der Waals surface area contributed by atoms with Gasteiger partial charge in [0, 0.05) is 51.4 Å². The lowest BCUT2D eigenvalue weighted by molar-refractivity contribution is -0.143. The largest absolute Gasteiger partial charge is 0.490 e. The molecule has 1 amide bonds. The molecule has 2 aliphatic heterocycles. The minimum atomic E-state index is -0.510. The molecule has 126 valence electrons. The summed E-state index contributed by atoms with van der Waals surface area (Å²) in [4.78, 5) is 20.7. The van der Waals surface area contributed by atoms with Gasteiger partial charge in [0.1, 0.15) is 11.9 Å². The maximum Gasteiger partial charge on any atom is 0.229 e. The van der Waals surface area contributed by atoms with Gasteiger partial charge in [-0.15, -0.1) is 0 Å². The summed E-state index contributed by atoms with van der Waals surface area (Å²) in [6, 6.07) is 3.71. The highest BCUT2D eigenvalue weighted by atomic mass is 16.5. The third-order valence-electron chi connectivity index (χ3n) is 4.80. The molecule has 3 heterocycles. The van der Waals surface area contributed by atoms with Gasteiger partial charge in [0.25, 0.3) is 0 Å². The minimum Gasteiger partial charge on any atom is -0.490 e. The average molecular weight is 319 g/mol. The topological polar surface area (TPSA) is 65.9 Å². The number of aliphatic hydroxyl groups is 1. The zero-order chi connectivity index (χ0) is 16.2. The summed E-state index contributed by atoms with van der Waals surface area (Å²) in [5.74, 6) is 0.631. The van der Waals surface area contributed by atoms with Crippen molar-refractivity contribution in [1.29, 1.82) is 0 Å². The molecule has 23 heavy (non-hydrogen) atoms. The fourth-order valence-electron chi connectivity index (χ4n) is 3.38. The van der Waals surface area contributed by atoms with Gasteiger partial charge in [-0.2, -0.15) is 0 Å². The fourth-order valence-corrected chi connectivity index (χ4v) is 3.38. The molecule has 0 spiro atoms. The Labute approximate surface area is 137 Å². The molecule has 6 nitrogen and oxygen atoms in total. The highest BCUT2D eigenvalue weighted by Gasteiger charge is 2.36. The van der Waals surface area contributed by atoms with E-state index in [-0.39, 0.29) is 17.9 Å². The number of carbonyl (C=O) groups excluding carboxylic acids is 1. The highest BCUT2D eigenvalue weighted by Crippen LogP contribution is 2.23. The summed E-state index contributed by atoms with van der Waals surface area (Å²) in [5, 5.41) is 10.1. The second-order valence-electron chi connectivity index (χ2n) is 6.55. The molecule has 2 aliphatic rings. The van der Waals surface area contributed by atoms with Gasteiger partial charge >= 0.3 is 0 Å². The van der Waals surface area contributed by atoms with Crippen LogP contribution in [0, 0.1) is 5.92 Å². The molecule has 0 aliphatic carbocycles. The standard InChI is InChI=1S/C17H25N3O3/c1-19-9-6-16(21)15(12-19)17(22)20-10-4-14(5-11-20)23-13-2-7-18-8-3-13/h2-3,7-8,14-16,21H,4-6,9-12H2,1H3/t15-,16+/m1/s1. The molecule has 0 radical (unpaired) electrons. The van der Waals surface area contributed by atoms with Crippen LogP contribution in [0.5, 0.6) is 5.75 Å². The number of hydrogen-bond acceptors (Lipinski definition) is 5. The van der Waals surface area contributed by atoms with Crippen LogP contribution in [0.4, 0.5) is 0 Å². The molecule has 2 atom stereocenters. The third-order valence-corrected chi connectivity index (χ3v) is 4.80. The van der Waals surface area contributed by atoms with E-state index in [0.717, 1.165) is 25.1 Å². The first kappa shape index (κ1) is 16.2. The smallest absolute Gasteiger partial charge is 0.229 e. The number of likely N-dealkylation sites (tertiary alicyclic amines) is 2. The first-order valence-electron chi connectivity index (χ1n) is 8.35. The first-order chi connectivity index (χ1) is 11.1. The number of carbonyl (C=O) groups is 1. The van der Waals surface area contributed by atoms with Crippen LogP contribution in [-0.2, 0) is 4.79 Å². The molecule has 6 heteroatoms. The molecule has 0 saturated carbocycles. The molecule has 0 unspecified atom stereocenters. The monoisotopic (exact) mass is 319 g/mol. The molecular weight excluding hydrogens is 294 g/mol. The summed E-state index contributed by atoms with van der Waals surface area (Å²) < 4.78 is 5.93. The number of aromatic nitrogens is 1. The van der Waals surface area contributed by atoms with Crippen molar-refractivity contribution >= 4 is 5.91 Å². The normalized spacial score (nSPS) is 27.0. The number of nitrogens with zero attached hydrogens (tertiary/aromatic N) is 3. The summed E-state index contributed by atoms with van der Waals surface area (Å²) in [5.41, 5.74) is 0. The molecule has 2 fully saturated rings. The van der Waals surface area contributed by atoms with E-state index in [9.17, 15) is 9.90 Å². The van der Waals surface area contributed by atoms with E-state index in [4.69, 9.17) is 4.74 Å². The number of aliphatic hydroxyl groups excluding tert-OH is 1. The average Bonchev–Trinajstić information content (AvgIpc) is 2.58. The quantitative estimate of drug-likeness (QED) is 0.891. The second kappa shape index (κ2) is 7.27. The number of piperidine rings is 2. The van der Waals surface area contributed by atoms with Crippen LogP contribution in [-0.4, -0.2) is 71.2 Å². The van der Waals surface area contributed by atoms with Crippen LogP contribution in [0.2, 0.25) is 0 Å². The van der Waals surface area contributed by atoms with Crippen molar-refractivity contribution in [3.05, 3.63) is 24.5 Å². The van der Waals surface area contributed by atoms with Crippen LogP contribution in [0.3, 0.4) is 0 Å². The second-order valence-corrected chi connectivity index (χ2v) is 6.55. The van der Waals surface area contributed by atoms with Crippen molar-refractivity contribution in [2.24, 2.45) is 5.92 Å². The molecule has 1 N–H and O–H groups in total. The Kier molecular flexibility index (Phi) is 5.13. The van der Waals surface area contributed by atoms with E-state index < -0.39 is 6.10 Å². The number of ether oxygens (including phenoxy) is 1. The van der Waals surface area contributed by atoms with E-state index in [0.29, 0.717) is 26.1 Å². The van der Waals surface area contributed by atoms with Crippen molar-refractivity contribution in [2.45, 2.75) is 31.5 Å². The van der Waals surface area contributed by atoms with Crippen molar-refractivity contribution in [3.8, 4) is 5.75 Å². The Morgan fingerprint density at radius 3 is 2.61 bits per heavy atom. The molecule has 0 bridgehead atoms. The Hall–Kier alpha value is -1.66. The van der Waals surface area contributed by atoms with Gasteiger partial charge in [-0.25, -0.2) is 0 Å². The van der Waals surface area contributed by atoms with E-state index in [2.05, 4.69) is 9.88 Å². The fraction of sp³-hybridized carbons (Fsp3) is 0.647. The van der Waals surface area contributed by atoms with E-state index in [1.54, 1.807) is 12.4 Å². The van der Waals surface area contributed by atoms with E-state index in [1.807, 2.05) is 24.1 Å². The maximum absolute atomic E-state index is 12.7. The van der Waals surface area contributed by atoms with Gasteiger partial charge in [-0.1, -0.05) is 0 Å². The summed E-state index contributed by atoms with van der Waals surface area (Å²) in [7, 11) is 2.00. The van der Waals surface area contributed by atoms with Crippen LogP contribution in [0.1, 0.15) is 19.3 Å². The summed E-state index contributed by atoms with van der Waals surface area (Å²) in [6.07, 6.45) is 5.39. The Bertz CT molecular complexity index is 517. The first-order valence-corrected chi connectivity index (χ1v) is 8.35. The molecule has 1 aromatic heterocycles. The lowest BCUT2D eigenvalue weighted by Gasteiger charge is -2.38. The number of rotatable bonds is 3. The SMILES string of the molecule is CN1CC[C@H](O)[C@H](C(=O)N2CCC(Oc3ccncc3)CC2)C1. The molecule has 3 rings (SSSR count). The van der Waals surface area contributed by atoms with Gasteiger partial charge < -0.3 is 19.6 Å². The zero-order valence-electron chi connectivity index (χ0n) is 13.6. The highest BCUT2D eigenvalue weighted by molar-refractivity contribution is 5.80. The van der Waals surface area contributed by atoms with Gasteiger partial charge in [0.2, 0.25) is 5.91 Å². The minimum absolute atomic E-state index is 0.0893. The van der Waals surface area contributed by atoms with E-state index >= 15 is 0 Å². The number of pyridine rings is 1. The summed E-state index contributed by atoms with van der Waals surface area (Å²) >= 11 is 0. The molecular formula is C17H25N3O3. The van der Waals surface area contributed by atoms with Crippen molar-refractivity contribution < 1.29 is 14.6 Å². The molecule has 0 aromatic carbocycles. The molecule has 2 saturated heterocycles. The third kappa shape index (κ3) is 4.00. The Balaban J connectivity index is 1.51. The van der Waals surface area contributed by atoms with Gasteiger partial charge in [-0.05, 0) is 25.6 Å². The van der Waals surface area contributed by atoms with Gasteiger partial charge in [0.05, 0.1) is 12.0 Å². The van der Waals surface area contributed by atoms with Crippen LogP contribution < -0.4 is 4.74 Å². The number of hydrogen-bond donors (Lipinski definition) is 1. The lowest BCUT2D eigenvalue weighted by Crippen LogP contribution is -2.52. The van der Waals surface area contributed by atoms with Gasteiger partial charge in [0.15, 0.2) is 0 Å². The van der Waals surface area contributed by atoms with Gasteiger partial charge in [-0.3, -0.25) is 9.78 Å². The predicted molar refractivity (Wildman–Crippen MR) is 86.1 cm³/mol. The molecule has 1 aromatic rings. The van der Waals surface area contributed by atoms with Crippen LogP contribution in [0.15, 0.2) is 24.5 Å². The van der Waals surface area contributed by atoms with Crippen LogP contribution in [0.25, 0.3) is 0 Å². The number of amides is 1. The lowest BCUT2D eigenvalue weighted by atomic mass is 9.92. The van der Waals surface area contributed by atoms with Crippen LogP contribution >= 0.6 is 0 Å². The van der Waals surface area contributed by atoms with E-state index in [1.165, 1.54) is 0 Å².